The van der Waals surface area contributed by atoms with E-state index in [-0.39, 0.29) is 4.90 Å². The molecule has 0 fully saturated rings. The predicted molar refractivity (Wildman–Crippen MR) is 73.1 cm³/mol. The van der Waals surface area contributed by atoms with E-state index in [1.807, 2.05) is 0 Å². The molecule has 94 valence electrons. The van der Waals surface area contributed by atoms with Gasteiger partial charge in [-0.05, 0) is 30.3 Å². The van der Waals surface area contributed by atoms with E-state index < -0.39 is 10.0 Å². The summed E-state index contributed by atoms with van der Waals surface area (Å²) in [4.78, 5) is 0.193. The molecule has 18 heavy (non-hydrogen) atoms. The van der Waals surface area contributed by atoms with Gasteiger partial charge in [0, 0.05) is 0 Å². The van der Waals surface area contributed by atoms with Crippen LogP contribution in [0.25, 0.3) is 0 Å². The number of benzene rings is 2. The van der Waals surface area contributed by atoms with Crippen LogP contribution in [0.15, 0.2) is 53.4 Å². The van der Waals surface area contributed by atoms with Crippen LogP contribution in [0.4, 0.5) is 11.4 Å². The molecule has 4 nitrogen and oxygen atoms in total. The normalized spacial score (nSPS) is 11.2. The smallest absolute Gasteiger partial charge is 0.261 e. The quantitative estimate of drug-likeness (QED) is 0.850. The van der Waals surface area contributed by atoms with Gasteiger partial charge < -0.3 is 5.73 Å². The summed E-state index contributed by atoms with van der Waals surface area (Å²) in [7, 11) is -3.59. The van der Waals surface area contributed by atoms with Crippen molar-refractivity contribution in [2.45, 2.75) is 4.90 Å². The van der Waals surface area contributed by atoms with Gasteiger partial charge in [-0.25, -0.2) is 8.42 Å². The van der Waals surface area contributed by atoms with E-state index in [1.165, 1.54) is 18.2 Å². The molecule has 0 bridgehead atoms. The second kappa shape index (κ2) is 4.88. The van der Waals surface area contributed by atoms with E-state index in [0.717, 1.165) is 0 Å². The number of nitrogens with two attached hydrogens (primary N) is 1. The molecular weight excluding hydrogens is 272 g/mol. The van der Waals surface area contributed by atoms with Crippen molar-refractivity contribution in [3.05, 3.63) is 53.6 Å². The van der Waals surface area contributed by atoms with Crippen molar-refractivity contribution in [3.8, 4) is 0 Å². The highest BCUT2D eigenvalue weighted by Gasteiger charge is 2.13. The summed E-state index contributed by atoms with van der Waals surface area (Å²) in [6.07, 6.45) is 0. The highest BCUT2D eigenvalue weighted by molar-refractivity contribution is 7.92. The number of halogens is 1. The number of rotatable bonds is 3. The SMILES string of the molecule is Nc1ccc(NS(=O)(=O)c2ccccc2)cc1Cl. The van der Waals surface area contributed by atoms with E-state index in [1.54, 1.807) is 30.3 Å². The molecule has 0 aliphatic carbocycles. The lowest BCUT2D eigenvalue weighted by Crippen LogP contribution is -2.12. The van der Waals surface area contributed by atoms with E-state index in [4.69, 9.17) is 17.3 Å². The summed E-state index contributed by atoms with van der Waals surface area (Å²) in [5.41, 5.74) is 6.33. The zero-order chi connectivity index (χ0) is 13.2. The van der Waals surface area contributed by atoms with Gasteiger partial charge in [0.15, 0.2) is 0 Å². The molecule has 0 saturated heterocycles. The summed E-state index contributed by atoms with van der Waals surface area (Å²) in [6, 6.07) is 12.7. The molecule has 0 heterocycles. The van der Waals surface area contributed by atoms with Gasteiger partial charge >= 0.3 is 0 Å². The first-order valence-electron chi connectivity index (χ1n) is 5.12. The molecule has 6 heteroatoms. The van der Waals surface area contributed by atoms with Crippen LogP contribution in [0, 0.1) is 0 Å². The van der Waals surface area contributed by atoms with Crippen LogP contribution >= 0.6 is 11.6 Å². The Morgan fingerprint density at radius 1 is 1.06 bits per heavy atom. The van der Waals surface area contributed by atoms with Crippen LogP contribution in [0.1, 0.15) is 0 Å². The zero-order valence-corrected chi connectivity index (χ0v) is 10.9. The van der Waals surface area contributed by atoms with Gasteiger partial charge in [0.05, 0.1) is 21.3 Å². The topological polar surface area (TPSA) is 72.2 Å². The Bertz CT molecular complexity index is 657. The maximum absolute atomic E-state index is 12.0. The minimum absolute atomic E-state index is 0.193. The highest BCUT2D eigenvalue weighted by atomic mass is 35.5. The van der Waals surface area contributed by atoms with E-state index in [9.17, 15) is 8.42 Å². The molecule has 0 amide bonds. The van der Waals surface area contributed by atoms with Crippen LogP contribution in [0.2, 0.25) is 5.02 Å². The Balaban J connectivity index is 2.31. The fourth-order valence-corrected chi connectivity index (χ4v) is 2.66. The number of nitrogens with one attached hydrogen (secondary N) is 1. The second-order valence-electron chi connectivity index (χ2n) is 3.65. The van der Waals surface area contributed by atoms with Crippen molar-refractivity contribution in [2.24, 2.45) is 0 Å². The van der Waals surface area contributed by atoms with Gasteiger partial charge in [-0.3, -0.25) is 4.72 Å². The number of nitrogen functional groups attached to an aromatic ring is 1. The summed E-state index contributed by atoms with van der Waals surface area (Å²) in [5, 5.41) is 0.309. The summed E-state index contributed by atoms with van der Waals surface area (Å²) < 4.78 is 26.5. The molecule has 2 rings (SSSR count). The van der Waals surface area contributed by atoms with E-state index >= 15 is 0 Å². The minimum Gasteiger partial charge on any atom is -0.398 e. The molecule has 0 atom stereocenters. The molecular formula is C12H11ClN2O2S. The Kier molecular flexibility index (Phi) is 3.45. The third kappa shape index (κ3) is 2.75. The highest BCUT2D eigenvalue weighted by Crippen LogP contribution is 2.24. The minimum atomic E-state index is -3.59. The molecule has 0 spiro atoms. The largest absolute Gasteiger partial charge is 0.398 e. The summed E-state index contributed by atoms with van der Waals surface area (Å²) in [6.45, 7) is 0. The number of hydrogen-bond acceptors (Lipinski definition) is 3. The second-order valence-corrected chi connectivity index (χ2v) is 5.74. The third-order valence-corrected chi connectivity index (χ3v) is 4.03. The number of hydrogen-bond donors (Lipinski definition) is 2. The van der Waals surface area contributed by atoms with E-state index in [2.05, 4.69) is 4.72 Å². The van der Waals surface area contributed by atoms with Crippen molar-refractivity contribution >= 4 is 33.0 Å². The molecule has 0 saturated carbocycles. The monoisotopic (exact) mass is 282 g/mol. The Hall–Kier alpha value is -1.72. The van der Waals surface area contributed by atoms with Crippen LogP contribution in [-0.4, -0.2) is 8.42 Å². The standard InChI is InChI=1S/C12H11ClN2O2S/c13-11-8-9(6-7-12(11)14)15-18(16,17)10-4-2-1-3-5-10/h1-8,15H,14H2. The van der Waals surface area contributed by atoms with Crippen LogP contribution in [0.5, 0.6) is 0 Å². The van der Waals surface area contributed by atoms with Gasteiger partial charge in [-0.15, -0.1) is 0 Å². The lowest BCUT2D eigenvalue weighted by molar-refractivity contribution is 0.601. The molecule has 0 aliphatic heterocycles. The lowest BCUT2D eigenvalue weighted by Gasteiger charge is -2.08. The fraction of sp³-hybridized carbons (Fsp3) is 0. The molecule has 0 aliphatic rings. The van der Waals surface area contributed by atoms with Crippen molar-refractivity contribution < 1.29 is 8.42 Å². The third-order valence-electron chi connectivity index (χ3n) is 2.31. The van der Waals surface area contributed by atoms with Crippen LogP contribution < -0.4 is 10.5 Å². The van der Waals surface area contributed by atoms with Crippen LogP contribution in [-0.2, 0) is 10.0 Å². The first-order chi connectivity index (χ1) is 8.49. The van der Waals surface area contributed by atoms with Gasteiger partial charge in [0.1, 0.15) is 0 Å². The molecule has 2 aromatic rings. The van der Waals surface area contributed by atoms with Gasteiger partial charge in [-0.1, -0.05) is 29.8 Å². The lowest BCUT2D eigenvalue weighted by atomic mass is 10.3. The fourth-order valence-electron chi connectivity index (χ4n) is 1.40. The Labute approximate surface area is 110 Å². The molecule has 0 aromatic heterocycles. The van der Waals surface area contributed by atoms with Crippen molar-refractivity contribution in [1.29, 1.82) is 0 Å². The van der Waals surface area contributed by atoms with Crippen molar-refractivity contribution in [3.63, 3.8) is 0 Å². The molecule has 0 unspecified atom stereocenters. The average Bonchev–Trinajstić information content (AvgIpc) is 2.35. The molecule has 3 N–H and O–H groups in total. The zero-order valence-electron chi connectivity index (χ0n) is 9.30. The number of sulfonamides is 1. The first kappa shape index (κ1) is 12.7. The maximum atomic E-state index is 12.0. The van der Waals surface area contributed by atoms with Crippen LogP contribution in [0.3, 0.4) is 0 Å². The summed E-state index contributed by atoms with van der Waals surface area (Å²) in [5.74, 6) is 0. The Morgan fingerprint density at radius 3 is 2.33 bits per heavy atom. The molecule has 0 radical (unpaired) electrons. The maximum Gasteiger partial charge on any atom is 0.261 e. The first-order valence-corrected chi connectivity index (χ1v) is 6.98. The average molecular weight is 283 g/mol. The van der Waals surface area contributed by atoms with Gasteiger partial charge in [-0.2, -0.15) is 0 Å². The predicted octanol–water partition coefficient (Wildman–Crippen LogP) is 2.72. The van der Waals surface area contributed by atoms with Crippen molar-refractivity contribution in [2.75, 3.05) is 10.5 Å². The van der Waals surface area contributed by atoms with Gasteiger partial charge in [0.2, 0.25) is 0 Å². The molecule has 2 aromatic carbocycles. The van der Waals surface area contributed by atoms with Crippen molar-refractivity contribution in [1.82, 2.24) is 0 Å². The number of anilines is 2. The summed E-state index contributed by atoms with van der Waals surface area (Å²) >= 11 is 5.83. The van der Waals surface area contributed by atoms with E-state index in [0.29, 0.717) is 16.4 Å². The van der Waals surface area contributed by atoms with Gasteiger partial charge in [0.25, 0.3) is 10.0 Å². The Morgan fingerprint density at radius 2 is 1.72 bits per heavy atom.